The smallest absolute Gasteiger partial charge is 0.312 e. The first-order valence-corrected chi connectivity index (χ1v) is 6.31. The van der Waals surface area contributed by atoms with Crippen LogP contribution < -0.4 is 4.74 Å². The lowest BCUT2D eigenvalue weighted by Gasteiger charge is -2.16. The Kier molecular flexibility index (Phi) is 3.26. The van der Waals surface area contributed by atoms with E-state index in [1.54, 1.807) is 0 Å². The maximum Gasteiger partial charge on any atom is 0.312 e. The number of nitriles is 1. The Balaban J connectivity index is 2.03. The molecule has 0 saturated heterocycles. The van der Waals surface area contributed by atoms with Gasteiger partial charge in [-0.3, -0.25) is 4.98 Å². The van der Waals surface area contributed by atoms with Crippen LogP contribution in [-0.4, -0.2) is 16.0 Å². The van der Waals surface area contributed by atoms with Crippen LogP contribution >= 0.6 is 0 Å². The molecule has 1 aromatic heterocycles. The van der Waals surface area contributed by atoms with Crippen molar-refractivity contribution < 1.29 is 23.0 Å². The van der Waals surface area contributed by atoms with Crippen molar-refractivity contribution >= 4 is 0 Å². The van der Waals surface area contributed by atoms with Crippen molar-refractivity contribution in [2.75, 3.05) is 0 Å². The average molecular weight is 306 g/mol. The molecule has 0 amide bonds. The molecule has 0 aliphatic heterocycles. The summed E-state index contributed by atoms with van der Waals surface area (Å²) in [4.78, 5) is 3.77. The quantitative estimate of drug-likeness (QED) is 0.923. The van der Waals surface area contributed by atoms with E-state index in [0.717, 1.165) is 0 Å². The van der Waals surface area contributed by atoms with Gasteiger partial charge in [0.05, 0.1) is 11.8 Å². The Morgan fingerprint density at radius 1 is 1.32 bits per heavy atom. The van der Waals surface area contributed by atoms with Gasteiger partial charge in [-0.25, -0.2) is 4.39 Å². The highest BCUT2D eigenvalue weighted by atomic mass is 19.3. The number of fused-ring (bicyclic) bond motifs is 1. The number of hydrogen-bond acceptors (Lipinski definition) is 4. The third-order valence-corrected chi connectivity index (χ3v) is 3.42. The summed E-state index contributed by atoms with van der Waals surface area (Å²) in [6, 6.07) is 7.13. The zero-order valence-corrected chi connectivity index (χ0v) is 11.0. The molecule has 1 aromatic carbocycles. The van der Waals surface area contributed by atoms with Gasteiger partial charge in [0.2, 0.25) is 0 Å². The third kappa shape index (κ3) is 2.09. The first-order valence-electron chi connectivity index (χ1n) is 6.31. The highest BCUT2D eigenvalue weighted by molar-refractivity contribution is 5.50. The van der Waals surface area contributed by atoms with Crippen LogP contribution in [0, 0.1) is 11.3 Å². The van der Waals surface area contributed by atoms with Crippen molar-refractivity contribution in [3.8, 4) is 17.6 Å². The summed E-state index contributed by atoms with van der Waals surface area (Å²) in [6.07, 6.45) is -2.31. The standard InChI is InChI=1S/C15H9F3N2O2/c16-13-12-10(14(21)15(13,17)18)2-1-3-11(12)22-9-4-8(5-19)6-20-7-9/h1-4,6-7,13-14,21H/t13-,14+/m1/s1. The van der Waals surface area contributed by atoms with Gasteiger partial charge in [-0.1, -0.05) is 12.1 Å². The molecule has 0 radical (unpaired) electrons. The molecular weight excluding hydrogens is 297 g/mol. The van der Waals surface area contributed by atoms with E-state index in [2.05, 4.69) is 4.98 Å². The minimum atomic E-state index is -3.91. The van der Waals surface area contributed by atoms with Crippen LogP contribution in [0.1, 0.15) is 29.0 Å². The van der Waals surface area contributed by atoms with Crippen molar-refractivity contribution in [2.24, 2.45) is 0 Å². The van der Waals surface area contributed by atoms with Crippen molar-refractivity contribution in [2.45, 2.75) is 18.2 Å². The number of hydrogen-bond donors (Lipinski definition) is 1. The lowest BCUT2D eigenvalue weighted by atomic mass is 10.1. The number of ether oxygens (including phenoxy) is 1. The minimum absolute atomic E-state index is 0.115. The maximum atomic E-state index is 14.0. The number of pyridine rings is 1. The molecule has 1 aliphatic rings. The molecule has 1 heterocycles. The molecule has 2 aromatic rings. The molecule has 3 rings (SSSR count). The first-order chi connectivity index (χ1) is 10.4. The van der Waals surface area contributed by atoms with Crippen LogP contribution in [0.25, 0.3) is 0 Å². The molecule has 4 nitrogen and oxygen atoms in total. The predicted molar refractivity (Wildman–Crippen MR) is 69.2 cm³/mol. The lowest BCUT2D eigenvalue weighted by molar-refractivity contribution is -0.143. The van der Waals surface area contributed by atoms with Gasteiger partial charge in [0.1, 0.15) is 23.7 Å². The predicted octanol–water partition coefficient (Wildman–Crippen LogP) is 3.44. The van der Waals surface area contributed by atoms with Gasteiger partial charge in [-0.15, -0.1) is 0 Å². The van der Waals surface area contributed by atoms with E-state index in [4.69, 9.17) is 10.00 Å². The van der Waals surface area contributed by atoms with Crippen LogP contribution in [0.4, 0.5) is 13.2 Å². The highest BCUT2D eigenvalue weighted by Crippen LogP contribution is 2.55. The normalized spacial score (nSPS) is 22.0. The summed E-state index contributed by atoms with van der Waals surface area (Å²) in [7, 11) is 0. The summed E-state index contributed by atoms with van der Waals surface area (Å²) >= 11 is 0. The fourth-order valence-corrected chi connectivity index (χ4v) is 2.36. The van der Waals surface area contributed by atoms with E-state index >= 15 is 0 Å². The third-order valence-electron chi connectivity index (χ3n) is 3.42. The minimum Gasteiger partial charge on any atom is -0.455 e. The van der Waals surface area contributed by atoms with E-state index in [9.17, 15) is 18.3 Å². The molecule has 0 unspecified atom stereocenters. The Morgan fingerprint density at radius 2 is 2.09 bits per heavy atom. The van der Waals surface area contributed by atoms with Gasteiger partial charge >= 0.3 is 5.92 Å². The topological polar surface area (TPSA) is 66.1 Å². The Bertz CT molecular complexity index is 774. The number of aromatic nitrogens is 1. The van der Waals surface area contributed by atoms with E-state index < -0.39 is 18.2 Å². The lowest BCUT2D eigenvalue weighted by Crippen LogP contribution is -2.24. The molecular formula is C15H9F3N2O2. The van der Waals surface area contributed by atoms with Crippen LogP contribution in [0.5, 0.6) is 11.5 Å². The molecule has 0 saturated carbocycles. The number of alkyl halides is 3. The van der Waals surface area contributed by atoms with Gasteiger partial charge in [0.15, 0.2) is 6.17 Å². The Morgan fingerprint density at radius 3 is 2.82 bits per heavy atom. The van der Waals surface area contributed by atoms with Gasteiger partial charge in [0.25, 0.3) is 0 Å². The van der Waals surface area contributed by atoms with Crippen molar-refractivity contribution in [3.05, 3.63) is 53.3 Å². The summed E-state index contributed by atoms with van der Waals surface area (Å²) in [5, 5.41) is 18.3. The first kappa shape index (κ1) is 14.4. The van der Waals surface area contributed by atoms with Gasteiger partial charge in [0, 0.05) is 17.8 Å². The molecule has 0 bridgehead atoms. The molecule has 0 spiro atoms. The average Bonchev–Trinajstić information content (AvgIpc) is 2.69. The molecule has 0 fully saturated rings. The zero-order valence-electron chi connectivity index (χ0n) is 11.0. The molecule has 22 heavy (non-hydrogen) atoms. The number of aliphatic hydroxyl groups excluding tert-OH is 1. The van der Waals surface area contributed by atoms with Crippen LogP contribution in [0.15, 0.2) is 36.7 Å². The molecule has 2 atom stereocenters. The fourth-order valence-electron chi connectivity index (χ4n) is 2.36. The number of aliphatic hydroxyl groups is 1. The van der Waals surface area contributed by atoms with Crippen molar-refractivity contribution in [1.82, 2.24) is 4.98 Å². The van der Waals surface area contributed by atoms with E-state index in [1.807, 2.05) is 6.07 Å². The summed E-state index contributed by atoms with van der Waals surface area (Å²) in [5.74, 6) is -3.93. The van der Waals surface area contributed by atoms with Crippen LogP contribution in [-0.2, 0) is 0 Å². The van der Waals surface area contributed by atoms with Crippen molar-refractivity contribution in [1.29, 1.82) is 5.26 Å². The van der Waals surface area contributed by atoms with E-state index in [1.165, 1.54) is 36.7 Å². The number of halogens is 3. The summed E-state index contributed by atoms with van der Waals surface area (Å²) in [5.41, 5.74) is -0.381. The van der Waals surface area contributed by atoms with E-state index in [-0.39, 0.29) is 28.2 Å². The SMILES string of the molecule is N#Cc1cncc(Oc2cccc3c2[C@@H](F)C(F)(F)[C@H]3O)c1. The van der Waals surface area contributed by atoms with E-state index in [0.29, 0.717) is 0 Å². The van der Waals surface area contributed by atoms with Crippen molar-refractivity contribution in [3.63, 3.8) is 0 Å². The second kappa shape index (κ2) is 5.00. The second-order valence-corrected chi connectivity index (χ2v) is 4.82. The van der Waals surface area contributed by atoms with Crippen LogP contribution in [0.2, 0.25) is 0 Å². The second-order valence-electron chi connectivity index (χ2n) is 4.82. The zero-order chi connectivity index (χ0) is 15.9. The molecule has 112 valence electrons. The molecule has 1 N–H and O–H groups in total. The fraction of sp³-hybridized carbons (Fsp3) is 0.200. The Labute approximate surface area is 123 Å². The largest absolute Gasteiger partial charge is 0.455 e. The number of nitrogens with zero attached hydrogens (tertiary/aromatic N) is 2. The van der Waals surface area contributed by atoms with Crippen LogP contribution in [0.3, 0.4) is 0 Å². The number of rotatable bonds is 2. The summed E-state index contributed by atoms with van der Waals surface area (Å²) in [6.45, 7) is 0. The molecule has 1 aliphatic carbocycles. The highest BCUT2D eigenvalue weighted by Gasteiger charge is 2.57. The van der Waals surface area contributed by atoms with Gasteiger partial charge in [-0.05, 0) is 11.6 Å². The maximum absolute atomic E-state index is 14.0. The summed E-state index contributed by atoms with van der Waals surface area (Å²) < 4.78 is 46.6. The number of benzene rings is 1. The van der Waals surface area contributed by atoms with Gasteiger partial charge in [-0.2, -0.15) is 14.0 Å². The molecule has 7 heteroatoms. The van der Waals surface area contributed by atoms with Gasteiger partial charge < -0.3 is 9.84 Å². The monoisotopic (exact) mass is 306 g/mol. The Hall–Kier alpha value is -2.59.